The number of thioether (sulfide) groups is 1. The molecule has 0 bridgehead atoms. The zero-order valence-electron chi connectivity index (χ0n) is 7.50. The maximum atomic E-state index is 5.91. The van der Waals surface area contributed by atoms with Gasteiger partial charge in [0.05, 0.1) is 0 Å². The molecule has 6 heteroatoms. The first-order valence-corrected chi connectivity index (χ1v) is 5.80. The highest BCUT2D eigenvalue weighted by atomic mass is 35.5. The van der Waals surface area contributed by atoms with E-state index in [4.69, 9.17) is 28.9 Å². The normalized spacial score (nSPS) is 11.1. The summed E-state index contributed by atoms with van der Waals surface area (Å²) in [4.78, 5) is 8.09. The van der Waals surface area contributed by atoms with Crippen LogP contribution in [0.25, 0.3) is 6.08 Å². The van der Waals surface area contributed by atoms with Crippen molar-refractivity contribution in [2.45, 2.75) is 5.16 Å². The van der Waals surface area contributed by atoms with Crippen molar-refractivity contribution in [1.29, 1.82) is 0 Å². The van der Waals surface area contributed by atoms with Crippen LogP contribution in [0.2, 0.25) is 10.3 Å². The lowest BCUT2D eigenvalue weighted by Crippen LogP contribution is -1.94. The summed E-state index contributed by atoms with van der Waals surface area (Å²) in [5.41, 5.74) is 5.92. The molecule has 2 N–H and O–H groups in total. The van der Waals surface area contributed by atoms with Crippen molar-refractivity contribution in [3.63, 3.8) is 0 Å². The van der Waals surface area contributed by atoms with Gasteiger partial charge in [0.25, 0.3) is 0 Å². The van der Waals surface area contributed by atoms with Crippen LogP contribution in [0.15, 0.2) is 11.2 Å². The Morgan fingerprint density at radius 1 is 1.36 bits per heavy atom. The molecule has 1 rings (SSSR count). The molecule has 3 nitrogen and oxygen atoms in total. The van der Waals surface area contributed by atoms with Gasteiger partial charge in [-0.25, -0.2) is 9.97 Å². The second-order valence-electron chi connectivity index (χ2n) is 2.34. The van der Waals surface area contributed by atoms with Gasteiger partial charge in [0.2, 0.25) is 0 Å². The first-order chi connectivity index (χ1) is 6.69. The molecule has 14 heavy (non-hydrogen) atoms. The molecule has 0 aliphatic carbocycles. The number of halogens is 2. The van der Waals surface area contributed by atoms with Crippen LogP contribution >= 0.6 is 35.0 Å². The molecular weight excluding hydrogens is 241 g/mol. The number of aromatic nitrogens is 2. The minimum absolute atomic E-state index is 0.346. The van der Waals surface area contributed by atoms with Gasteiger partial charge in [0, 0.05) is 12.1 Å². The number of nitrogens with two attached hydrogens (primary N) is 1. The van der Waals surface area contributed by atoms with E-state index in [1.807, 2.05) is 6.26 Å². The van der Waals surface area contributed by atoms with Crippen LogP contribution in [0.3, 0.4) is 0 Å². The molecule has 0 aliphatic heterocycles. The fourth-order valence-electron chi connectivity index (χ4n) is 0.813. The molecule has 0 aromatic carbocycles. The van der Waals surface area contributed by atoms with Gasteiger partial charge in [-0.05, 0) is 6.26 Å². The molecule has 0 amide bonds. The number of hydrogen-bond acceptors (Lipinski definition) is 4. The minimum atomic E-state index is 0.346. The van der Waals surface area contributed by atoms with Gasteiger partial charge >= 0.3 is 0 Å². The van der Waals surface area contributed by atoms with Gasteiger partial charge in [0.1, 0.15) is 10.3 Å². The first-order valence-electron chi connectivity index (χ1n) is 3.82. The number of rotatable bonds is 3. The molecule has 76 valence electrons. The predicted octanol–water partition coefficient (Wildman–Crippen LogP) is 2.48. The highest BCUT2D eigenvalue weighted by Crippen LogP contribution is 2.25. The van der Waals surface area contributed by atoms with Gasteiger partial charge in [0.15, 0.2) is 5.16 Å². The van der Waals surface area contributed by atoms with E-state index in [1.165, 1.54) is 11.8 Å². The SMILES string of the molecule is CSc1nc(Cl)c(C=CCN)c(Cl)n1. The fourth-order valence-corrected chi connectivity index (χ4v) is 1.79. The van der Waals surface area contributed by atoms with Gasteiger partial charge < -0.3 is 5.73 Å². The Balaban J connectivity index is 3.11. The molecule has 0 saturated carbocycles. The van der Waals surface area contributed by atoms with Crippen LogP contribution in [0.5, 0.6) is 0 Å². The quantitative estimate of drug-likeness (QED) is 0.508. The smallest absolute Gasteiger partial charge is 0.190 e. The van der Waals surface area contributed by atoms with Crippen molar-refractivity contribution in [3.05, 3.63) is 21.9 Å². The second-order valence-corrected chi connectivity index (χ2v) is 3.83. The molecule has 1 aromatic rings. The summed E-state index contributed by atoms with van der Waals surface area (Å²) in [6.07, 6.45) is 5.32. The van der Waals surface area contributed by atoms with Crippen LogP contribution in [0, 0.1) is 0 Å². The third-order valence-corrected chi connectivity index (χ3v) is 2.56. The lowest BCUT2D eigenvalue weighted by molar-refractivity contribution is 0.967. The van der Waals surface area contributed by atoms with Crippen molar-refractivity contribution >= 4 is 41.0 Å². The molecule has 0 fully saturated rings. The van der Waals surface area contributed by atoms with Gasteiger partial charge in [-0.2, -0.15) is 0 Å². The summed E-state index contributed by atoms with van der Waals surface area (Å²) in [5.74, 6) is 0. The van der Waals surface area contributed by atoms with Crippen molar-refractivity contribution in [2.75, 3.05) is 12.8 Å². The fraction of sp³-hybridized carbons (Fsp3) is 0.250. The third-order valence-electron chi connectivity index (χ3n) is 1.44. The summed E-state index contributed by atoms with van der Waals surface area (Å²) in [7, 11) is 0. The molecule has 0 saturated heterocycles. The monoisotopic (exact) mass is 249 g/mol. The van der Waals surface area contributed by atoms with E-state index in [2.05, 4.69) is 9.97 Å². The van der Waals surface area contributed by atoms with Crippen molar-refractivity contribution in [1.82, 2.24) is 9.97 Å². The molecule has 1 aromatic heterocycles. The Bertz CT molecular complexity index is 331. The molecule has 0 aliphatic rings. The number of nitrogens with zero attached hydrogens (tertiary/aromatic N) is 2. The zero-order chi connectivity index (χ0) is 10.6. The average Bonchev–Trinajstić information content (AvgIpc) is 2.16. The molecular formula is C8H9Cl2N3S. The lowest BCUT2D eigenvalue weighted by atomic mass is 10.3. The van der Waals surface area contributed by atoms with Crippen LogP contribution in [-0.4, -0.2) is 22.8 Å². The van der Waals surface area contributed by atoms with E-state index in [0.717, 1.165) is 0 Å². The maximum absolute atomic E-state index is 5.91. The Hall–Kier alpha value is -0.290. The van der Waals surface area contributed by atoms with E-state index in [9.17, 15) is 0 Å². The Morgan fingerprint density at radius 3 is 2.36 bits per heavy atom. The molecule has 0 atom stereocenters. The van der Waals surface area contributed by atoms with E-state index in [-0.39, 0.29) is 0 Å². The highest BCUT2D eigenvalue weighted by molar-refractivity contribution is 7.98. The molecule has 0 radical (unpaired) electrons. The van der Waals surface area contributed by atoms with E-state index in [1.54, 1.807) is 12.2 Å². The van der Waals surface area contributed by atoms with Crippen LogP contribution < -0.4 is 5.73 Å². The largest absolute Gasteiger partial charge is 0.327 e. The maximum Gasteiger partial charge on any atom is 0.190 e. The number of hydrogen-bond donors (Lipinski definition) is 1. The summed E-state index contributed by atoms with van der Waals surface area (Å²) in [5, 5.41) is 1.25. The third kappa shape index (κ3) is 2.85. The van der Waals surface area contributed by atoms with Gasteiger partial charge in [-0.15, -0.1) is 0 Å². The predicted molar refractivity (Wildman–Crippen MR) is 61.9 cm³/mol. The van der Waals surface area contributed by atoms with Crippen molar-refractivity contribution < 1.29 is 0 Å². The Kier molecular flexibility index (Phi) is 4.68. The molecule has 1 heterocycles. The van der Waals surface area contributed by atoms with Crippen LogP contribution in [0.4, 0.5) is 0 Å². The summed E-state index contributed by atoms with van der Waals surface area (Å²) < 4.78 is 0. The standard InChI is InChI=1S/C8H9Cl2N3S/c1-14-8-12-6(9)5(3-2-4-11)7(10)13-8/h2-3H,4,11H2,1H3. The Labute approximate surface area is 96.7 Å². The van der Waals surface area contributed by atoms with Gasteiger partial charge in [-0.3, -0.25) is 0 Å². The molecule has 0 spiro atoms. The molecule has 0 unspecified atom stereocenters. The van der Waals surface area contributed by atoms with E-state index < -0.39 is 0 Å². The van der Waals surface area contributed by atoms with Crippen LogP contribution in [0.1, 0.15) is 5.56 Å². The van der Waals surface area contributed by atoms with Gasteiger partial charge in [-0.1, -0.05) is 47.1 Å². The lowest BCUT2D eigenvalue weighted by Gasteiger charge is -2.02. The minimum Gasteiger partial charge on any atom is -0.327 e. The van der Waals surface area contributed by atoms with Crippen LogP contribution in [-0.2, 0) is 0 Å². The Morgan fingerprint density at radius 2 is 1.93 bits per heavy atom. The van der Waals surface area contributed by atoms with E-state index in [0.29, 0.717) is 27.6 Å². The van der Waals surface area contributed by atoms with E-state index >= 15 is 0 Å². The average molecular weight is 250 g/mol. The highest BCUT2D eigenvalue weighted by Gasteiger charge is 2.07. The second kappa shape index (κ2) is 5.56. The van der Waals surface area contributed by atoms with Crippen molar-refractivity contribution in [2.24, 2.45) is 5.73 Å². The topological polar surface area (TPSA) is 51.8 Å². The first kappa shape index (κ1) is 11.8. The van der Waals surface area contributed by atoms with Crippen molar-refractivity contribution in [3.8, 4) is 0 Å². The summed E-state index contributed by atoms with van der Waals surface area (Å²) >= 11 is 13.2. The zero-order valence-corrected chi connectivity index (χ0v) is 9.83. The summed E-state index contributed by atoms with van der Waals surface area (Å²) in [6, 6.07) is 0. The summed E-state index contributed by atoms with van der Waals surface area (Å²) in [6.45, 7) is 0.428.